The van der Waals surface area contributed by atoms with Gasteiger partial charge in [0.1, 0.15) is 24.7 Å². The number of rotatable bonds is 10. The molecule has 1 saturated heterocycles. The number of benzene rings is 3. The average Bonchev–Trinajstić information content (AvgIpc) is 3.62. The molecule has 1 atom stereocenters. The summed E-state index contributed by atoms with van der Waals surface area (Å²) in [5, 5.41) is 20.5. The number of hydrogen-bond acceptors (Lipinski definition) is 10. The maximum atomic E-state index is 13.6. The molecule has 0 aliphatic carbocycles. The molecule has 9 nitrogen and oxygen atoms in total. The molecule has 3 heterocycles. The van der Waals surface area contributed by atoms with Crippen molar-refractivity contribution < 1.29 is 28.9 Å². The van der Waals surface area contributed by atoms with Crippen LogP contribution in [0.5, 0.6) is 17.2 Å². The summed E-state index contributed by atoms with van der Waals surface area (Å²) in [6, 6.07) is 21.2. The number of hydrogen-bond donors (Lipinski definition) is 1. The maximum Gasteiger partial charge on any atom is 0.301 e. The van der Waals surface area contributed by atoms with Crippen molar-refractivity contribution in [2.45, 2.75) is 35.9 Å². The monoisotopic (exact) mass is 615 g/mol. The zero-order chi connectivity index (χ0) is 29.8. The number of thioether (sulfide) groups is 1. The number of aromatic nitrogens is 2. The highest BCUT2D eigenvalue weighted by atomic mass is 32.2. The van der Waals surface area contributed by atoms with Crippen LogP contribution in [0, 0.1) is 0 Å². The van der Waals surface area contributed by atoms with Gasteiger partial charge in [-0.3, -0.25) is 14.5 Å². The van der Waals surface area contributed by atoms with E-state index >= 15 is 0 Å². The average molecular weight is 616 g/mol. The van der Waals surface area contributed by atoms with E-state index in [-0.39, 0.29) is 16.5 Å². The summed E-state index contributed by atoms with van der Waals surface area (Å²) < 4.78 is 17.9. The molecule has 3 aromatic carbocycles. The zero-order valence-corrected chi connectivity index (χ0v) is 25.0. The molecular weight excluding hydrogens is 587 g/mol. The van der Waals surface area contributed by atoms with Gasteiger partial charge < -0.3 is 19.3 Å². The van der Waals surface area contributed by atoms with E-state index in [1.807, 2.05) is 42.5 Å². The number of carbonyl (C=O) groups is 2. The summed E-state index contributed by atoms with van der Waals surface area (Å²) in [5.41, 5.74) is 2.00. The number of aliphatic hydroxyl groups excluding tert-OH is 1. The molecule has 2 aliphatic heterocycles. The van der Waals surface area contributed by atoms with Crippen LogP contribution >= 0.6 is 23.1 Å². The Labute approximate surface area is 257 Å². The van der Waals surface area contributed by atoms with Crippen LogP contribution in [0.15, 0.2) is 82.7 Å². The molecule has 1 amide bonds. The summed E-state index contributed by atoms with van der Waals surface area (Å²) in [4.78, 5) is 28.6. The molecule has 11 heteroatoms. The lowest BCUT2D eigenvalue weighted by molar-refractivity contribution is -0.132. The van der Waals surface area contributed by atoms with Crippen LogP contribution in [0.25, 0.3) is 5.76 Å². The van der Waals surface area contributed by atoms with Crippen LogP contribution in [0.2, 0.25) is 0 Å². The van der Waals surface area contributed by atoms with Crippen molar-refractivity contribution in [3.05, 3.63) is 95.1 Å². The largest absolute Gasteiger partial charge is 0.507 e. The van der Waals surface area contributed by atoms with E-state index in [9.17, 15) is 14.7 Å². The molecule has 2 aliphatic rings. The molecule has 0 saturated carbocycles. The fourth-order valence-electron chi connectivity index (χ4n) is 4.88. The van der Waals surface area contributed by atoms with Crippen molar-refractivity contribution >= 4 is 45.7 Å². The third kappa shape index (κ3) is 6.09. The molecule has 0 spiro atoms. The Morgan fingerprint density at radius 1 is 1.02 bits per heavy atom. The second-order valence-electron chi connectivity index (χ2n) is 9.93. The van der Waals surface area contributed by atoms with Gasteiger partial charge in [-0.25, -0.2) is 0 Å². The first-order valence-corrected chi connectivity index (χ1v) is 15.8. The van der Waals surface area contributed by atoms with E-state index in [0.717, 1.165) is 18.4 Å². The second kappa shape index (κ2) is 12.9. The van der Waals surface area contributed by atoms with Crippen molar-refractivity contribution in [1.82, 2.24) is 10.2 Å². The highest BCUT2D eigenvalue weighted by Crippen LogP contribution is 2.45. The SMILES string of the molecule is CCCCOc1cccc(C2/C(=C(/O)c3ccc4c(c3)OCCO4)C(=O)C(=O)N2c2nnc(SCc3ccccc3)s2)c1. The van der Waals surface area contributed by atoms with E-state index in [0.29, 0.717) is 58.3 Å². The molecule has 1 unspecified atom stereocenters. The summed E-state index contributed by atoms with van der Waals surface area (Å²) in [7, 11) is 0. The predicted octanol–water partition coefficient (Wildman–Crippen LogP) is 6.41. The minimum absolute atomic E-state index is 0.0546. The summed E-state index contributed by atoms with van der Waals surface area (Å²) in [6.45, 7) is 3.41. The fourth-order valence-corrected chi connectivity index (χ4v) is 6.70. The predicted molar refractivity (Wildman–Crippen MR) is 165 cm³/mol. The number of carbonyl (C=O) groups excluding carboxylic acids is 2. The van der Waals surface area contributed by atoms with Gasteiger partial charge in [0.15, 0.2) is 15.8 Å². The molecule has 220 valence electrons. The highest BCUT2D eigenvalue weighted by molar-refractivity contribution is 8.00. The van der Waals surface area contributed by atoms with E-state index in [1.54, 1.807) is 30.3 Å². The Morgan fingerprint density at radius 2 is 1.84 bits per heavy atom. The Bertz CT molecular complexity index is 1670. The number of nitrogens with zero attached hydrogens (tertiary/aromatic N) is 3. The Balaban J connectivity index is 1.39. The Hall–Kier alpha value is -4.35. The van der Waals surface area contributed by atoms with Gasteiger partial charge in [-0.2, -0.15) is 0 Å². The van der Waals surface area contributed by atoms with E-state index in [1.165, 1.54) is 28.0 Å². The van der Waals surface area contributed by atoms with Crippen molar-refractivity contribution in [1.29, 1.82) is 0 Å². The van der Waals surface area contributed by atoms with Gasteiger partial charge in [0, 0.05) is 11.3 Å². The first-order valence-electron chi connectivity index (χ1n) is 14.0. The fraction of sp³-hybridized carbons (Fsp3) is 0.250. The van der Waals surface area contributed by atoms with Crippen molar-refractivity contribution in [3.63, 3.8) is 0 Å². The standard InChI is InChI=1S/C32H29N3O6S2/c1-2-3-14-39-23-11-7-10-21(17-23)27-26(28(36)22-12-13-24-25(18-22)41-16-15-40-24)29(37)30(38)35(27)31-33-34-32(43-31)42-19-20-8-5-4-6-9-20/h4-13,17-18,27,36H,2-3,14-16,19H2,1H3/b28-26-. The van der Waals surface area contributed by atoms with Crippen molar-refractivity contribution in [2.24, 2.45) is 0 Å². The smallest absolute Gasteiger partial charge is 0.301 e. The maximum absolute atomic E-state index is 13.6. The molecule has 6 rings (SSSR count). The van der Waals surface area contributed by atoms with Crippen molar-refractivity contribution in [3.8, 4) is 17.2 Å². The van der Waals surface area contributed by atoms with Crippen LogP contribution in [-0.4, -0.2) is 46.8 Å². The molecule has 0 radical (unpaired) electrons. The Morgan fingerprint density at radius 3 is 2.65 bits per heavy atom. The number of fused-ring (bicyclic) bond motifs is 1. The van der Waals surface area contributed by atoms with Crippen LogP contribution in [0.3, 0.4) is 0 Å². The molecule has 1 fully saturated rings. The topological polar surface area (TPSA) is 111 Å². The number of ether oxygens (including phenoxy) is 3. The van der Waals surface area contributed by atoms with Gasteiger partial charge in [-0.15, -0.1) is 10.2 Å². The normalized spacial score (nSPS) is 17.3. The number of anilines is 1. The van der Waals surface area contributed by atoms with Gasteiger partial charge >= 0.3 is 5.91 Å². The summed E-state index contributed by atoms with van der Waals surface area (Å²) in [6.07, 6.45) is 1.87. The van der Waals surface area contributed by atoms with Crippen LogP contribution in [0.4, 0.5) is 5.13 Å². The number of unbranched alkanes of at least 4 members (excludes halogenated alkanes) is 1. The van der Waals surface area contributed by atoms with E-state index in [4.69, 9.17) is 14.2 Å². The third-order valence-corrected chi connectivity index (χ3v) is 9.13. The van der Waals surface area contributed by atoms with Gasteiger partial charge in [0.25, 0.3) is 5.78 Å². The van der Waals surface area contributed by atoms with Gasteiger partial charge in [-0.1, -0.05) is 78.9 Å². The molecular formula is C32H29N3O6S2. The minimum atomic E-state index is -0.956. The molecule has 4 aromatic rings. The number of Topliss-reactive ketones (excluding diaryl/α,β-unsaturated/α-hetero) is 1. The lowest BCUT2D eigenvalue weighted by Gasteiger charge is -2.23. The molecule has 43 heavy (non-hydrogen) atoms. The molecule has 0 bridgehead atoms. The van der Waals surface area contributed by atoms with E-state index in [2.05, 4.69) is 17.1 Å². The van der Waals surface area contributed by atoms with Gasteiger partial charge in [-0.05, 0) is 47.9 Å². The molecule has 1 N–H and O–H groups in total. The van der Waals surface area contributed by atoms with Crippen LogP contribution < -0.4 is 19.1 Å². The lowest BCUT2D eigenvalue weighted by atomic mass is 9.95. The van der Waals surface area contributed by atoms with Crippen LogP contribution in [0.1, 0.15) is 42.5 Å². The van der Waals surface area contributed by atoms with E-state index < -0.39 is 17.7 Å². The number of amides is 1. The summed E-state index contributed by atoms with van der Waals surface area (Å²) >= 11 is 2.72. The first kappa shape index (κ1) is 28.8. The van der Waals surface area contributed by atoms with Gasteiger partial charge in [0.05, 0.1) is 18.2 Å². The van der Waals surface area contributed by atoms with Crippen LogP contribution in [-0.2, 0) is 15.3 Å². The minimum Gasteiger partial charge on any atom is -0.507 e. The molecule has 1 aromatic heterocycles. The quantitative estimate of drug-likeness (QED) is 0.0540. The number of ketones is 1. The van der Waals surface area contributed by atoms with Crippen molar-refractivity contribution in [2.75, 3.05) is 24.7 Å². The third-order valence-electron chi connectivity index (χ3n) is 7.01. The summed E-state index contributed by atoms with van der Waals surface area (Å²) in [5.74, 6) is 0.359. The number of aliphatic hydroxyl groups is 1. The Kier molecular flexibility index (Phi) is 8.62. The second-order valence-corrected chi connectivity index (χ2v) is 12.1. The highest BCUT2D eigenvalue weighted by Gasteiger charge is 2.48. The lowest BCUT2D eigenvalue weighted by Crippen LogP contribution is -2.29. The van der Waals surface area contributed by atoms with Gasteiger partial charge in [0.2, 0.25) is 5.13 Å². The first-order chi connectivity index (χ1) is 21.0. The zero-order valence-electron chi connectivity index (χ0n) is 23.4.